The molecule has 2 nitrogen and oxygen atoms in total. The molecule has 0 bridgehead atoms. The molecule has 0 spiro atoms. The van der Waals surface area contributed by atoms with Crippen LogP contribution in [0.5, 0.6) is 0 Å². The predicted octanol–water partition coefficient (Wildman–Crippen LogP) is 10.2. The van der Waals surface area contributed by atoms with E-state index in [9.17, 15) is 0 Å². The lowest BCUT2D eigenvalue weighted by Crippen LogP contribution is -2.60. The van der Waals surface area contributed by atoms with Crippen LogP contribution in [0, 0.1) is 52.3 Å². The van der Waals surface area contributed by atoms with Crippen molar-refractivity contribution in [3.63, 3.8) is 0 Å². The minimum absolute atomic E-state index is 0.439. The molecule has 0 aliphatic heterocycles. The highest BCUT2D eigenvalue weighted by molar-refractivity contribution is 6.70. The summed E-state index contributed by atoms with van der Waals surface area (Å²) >= 11 is 0. The maximum absolute atomic E-state index is 7.17. The normalized spacial score (nSPS) is 43.3. The van der Waals surface area contributed by atoms with Crippen LogP contribution in [0.2, 0.25) is 39.3 Å². The number of hydrogen-bond acceptors (Lipinski definition) is 2. The third-order valence-corrected chi connectivity index (χ3v) is 13.9. The Morgan fingerprint density at radius 3 is 1.95 bits per heavy atom. The van der Waals surface area contributed by atoms with E-state index in [-0.39, 0.29) is 0 Å². The van der Waals surface area contributed by atoms with E-state index in [4.69, 9.17) is 8.85 Å². The van der Waals surface area contributed by atoms with Gasteiger partial charge in [0, 0.05) is 12.2 Å². The molecule has 0 radical (unpaired) electrons. The summed E-state index contributed by atoms with van der Waals surface area (Å²) in [5, 5.41) is 0. The summed E-state index contributed by atoms with van der Waals surface area (Å²) in [6, 6.07) is 0. The Kier molecular flexibility index (Phi) is 8.99. The van der Waals surface area contributed by atoms with Gasteiger partial charge in [-0.25, -0.2) is 0 Å². The molecule has 0 aromatic rings. The van der Waals surface area contributed by atoms with Crippen LogP contribution in [0.4, 0.5) is 0 Å². The first-order valence-electron chi connectivity index (χ1n) is 16.4. The molecule has 4 heteroatoms. The molecule has 4 aliphatic rings. The zero-order chi connectivity index (χ0) is 27.4. The average molecular weight is 549 g/mol. The second kappa shape index (κ2) is 11.0. The first-order valence-corrected chi connectivity index (χ1v) is 23.2. The Bertz CT molecular complexity index is 769. The molecule has 0 aromatic carbocycles. The molecule has 4 aliphatic carbocycles. The Labute approximate surface area is 234 Å². The van der Waals surface area contributed by atoms with Gasteiger partial charge in [-0.1, -0.05) is 53.9 Å². The standard InChI is InChI=1S/C33H64O2Si2/c1-23(2)13-12-14-24(3)27-15-16-28-26-22-31(35-37(9,10)11)30-21-25(34-36(6,7)8)17-19-33(30,5)29(26)18-20-32(27,28)4/h23-31H,12-22H2,1-11H3/t24-,25-,26+,27-,28+,29+,30+,31-,32-,33-/m1/s1. The summed E-state index contributed by atoms with van der Waals surface area (Å²) in [6.45, 7) is 27.2. The Balaban J connectivity index is 1.56. The summed E-state index contributed by atoms with van der Waals surface area (Å²) in [4.78, 5) is 0. The van der Waals surface area contributed by atoms with Crippen molar-refractivity contribution in [1.82, 2.24) is 0 Å². The van der Waals surface area contributed by atoms with E-state index in [1.54, 1.807) is 0 Å². The molecule has 4 rings (SSSR count). The fourth-order valence-corrected chi connectivity index (χ4v) is 12.8. The van der Waals surface area contributed by atoms with Gasteiger partial charge >= 0.3 is 0 Å². The van der Waals surface area contributed by atoms with Crippen molar-refractivity contribution in [2.75, 3.05) is 0 Å². The molecule has 37 heavy (non-hydrogen) atoms. The van der Waals surface area contributed by atoms with Gasteiger partial charge in [0.15, 0.2) is 16.6 Å². The Morgan fingerprint density at radius 2 is 1.32 bits per heavy atom. The monoisotopic (exact) mass is 548 g/mol. The molecule has 0 N–H and O–H groups in total. The molecule has 4 saturated carbocycles. The van der Waals surface area contributed by atoms with Gasteiger partial charge in [-0.15, -0.1) is 0 Å². The van der Waals surface area contributed by atoms with Gasteiger partial charge < -0.3 is 8.85 Å². The third kappa shape index (κ3) is 6.48. The first-order chi connectivity index (χ1) is 17.0. The summed E-state index contributed by atoms with van der Waals surface area (Å²) in [7, 11) is -3.14. The van der Waals surface area contributed by atoms with E-state index in [2.05, 4.69) is 73.9 Å². The number of hydrogen-bond donors (Lipinski definition) is 0. The van der Waals surface area contributed by atoms with Gasteiger partial charge in [0.1, 0.15) is 0 Å². The van der Waals surface area contributed by atoms with Crippen LogP contribution in [0.1, 0.15) is 105 Å². The molecular formula is C33H64O2Si2. The van der Waals surface area contributed by atoms with E-state index < -0.39 is 16.6 Å². The first kappa shape index (κ1) is 30.3. The molecule has 4 fully saturated rings. The molecular weight excluding hydrogens is 485 g/mol. The predicted molar refractivity (Wildman–Crippen MR) is 165 cm³/mol. The average Bonchev–Trinajstić information content (AvgIpc) is 3.10. The van der Waals surface area contributed by atoms with Crippen LogP contribution < -0.4 is 0 Å². The van der Waals surface area contributed by atoms with Crippen LogP contribution in [-0.2, 0) is 8.85 Å². The summed E-state index contributed by atoms with van der Waals surface area (Å²) in [5.41, 5.74) is 0.998. The highest BCUT2D eigenvalue weighted by Crippen LogP contribution is 2.69. The van der Waals surface area contributed by atoms with E-state index in [1.807, 2.05) is 0 Å². The van der Waals surface area contributed by atoms with Crippen LogP contribution in [-0.4, -0.2) is 28.8 Å². The van der Waals surface area contributed by atoms with Gasteiger partial charge in [0.05, 0.1) is 0 Å². The van der Waals surface area contributed by atoms with Crippen LogP contribution in [0.25, 0.3) is 0 Å². The SMILES string of the molecule is CC(C)CCC[C@@H](C)[C@H]1CC[C@H]2[C@@H]3C[C@@H](O[Si](C)(C)C)[C@@H]4C[C@H](O[Si](C)(C)C)CC[C@]4(C)[C@H]3CC[C@]12C. The van der Waals surface area contributed by atoms with Crippen molar-refractivity contribution in [3.8, 4) is 0 Å². The lowest BCUT2D eigenvalue weighted by Gasteiger charge is -2.63. The summed E-state index contributed by atoms with van der Waals surface area (Å²) in [6.07, 6.45) is 16.3. The van der Waals surface area contributed by atoms with Crippen LogP contribution >= 0.6 is 0 Å². The fourth-order valence-electron chi connectivity index (χ4n) is 10.4. The smallest absolute Gasteiger partial charge is 0.184 e. The van der Waals surface area contributed by atoms with E-state index in [0.29, 0.717) is 29.0 Å². The molecule has 0 aromatic heterocycles. The van der Waals surface area contributed by atoms with E-state index in [1.165, 1.54) is 70.6 Å². The van der Waals surface area contributed by atoms with Gasteiger partial charge in [-0.2, -0.15) is 0 Å². The van der Waals surface area contributed by atoms with Gasteiger partial charge in [0.2, 0.25) is 0 Å². The van der Waals surface area contributed by atoms with Crippen LogP contribution in [0.15, 0.2) is 0 Å². The topological polar surface area (TPSA) is 18.5 Å². The summed E-state index contributed by atoms with van der Waals surface area (Å²) < 4.78 is 13.9. The Morgan fingerprint density at radius 1 is 0.703 bits per heavy atom. The molecule has 0 amide bonds. The second-order valence-electron chi connectivity index (χ2n) is 17.2. The summed E-state index contributed by atoms with van der Waals surface area (Å²) in [5.74, 6) is 6.06. The molecule has 10 atom stereocenters. The second-order valence-corrected chi connectivity index (χ2v) is 26.1. The number of fused-ring (bicyclic) bond motifs is 5. The minimum Gasteiger partial charge on any atom is -0.415 e. The van der Waals surface area contributed by atoms with Gasteiger partial charge in [-0.3, -0.25) is 0 Å². The van der Waals surface area contributed by atoms with Crippen molar-refractivity contribution in [2.24, 2.45) is 52.3 Å². The lowest BCUT2D eigenvalue weighted by molar-refractivity contribution is -0.166. The van der Waals surface area contributed by atoms with E-state index >= 15 is 0 Å². The molecule has 0 heterocycles. The van der Waals surface area contributed by atoms with Crippen LogP contribution in [0.3, 0.4) is 0 Å². The highest BCUT2D eigenvalue weighted by atomic mass is 28.4. The lowest BCUT2D eigenvalue weighted by atomic mass is 9.43. The van der Waals surface area contributed by atoms with Crippen molar-refractivity contribution in [2.45, 2.75) is 157 Å². The van der Waals surface area contributed by atoms with Crippen molar-refractivity contribution in [1.29, 1.82) is 0 Å². The van der Waals surface area contributed by atoms with E-state index in [0.717, 1.165) is 35.5 Å². The zero-order valence-corrected chi connectivity index (χ0v) is 28.8. The molecule has 216 valence electrons. The highest BCUT2D eigenvalue weighted by Gasteiger charge is 2.63. The third-order valence-electron chi connectivity index (χ3n) is 11.8. The maximum atomic E-state index is 7.17. The van der Waals surface area contributed by atoms with Crippen molar-refractivity contribution < 1.29 is 8.85 Å². The minimum atomic E-state index is -1.62. The van der Waals surface area contributed by atoms with Gasteiger partial charge in [-0.05, 0) is 143 Å². The molecule has 0 unspecified atom stereocenters. The fraction of sp³-hybridized carbons (Fsp3) is 1.00. The Hall–Kier alpha value is 0.354. The molecule has 0 saturated heterocycles. The maximum Gasteiger partial charge on any atom is 0.184 e. The largest absolute Gasteiger partial charge is 0.415 e. The van der Waals surface area contributed by atoms with Gasteiger partial charge in [0.25, 0.3) is 0 Å². The van der Waals surface area contributed by atoms with Crippen molar-refractivity contribution in [3.05, 3.63) is 0 Å². The van der Waals surface area contributed by atoms with Crippen molar-refractivity contribution >= 4 is 16.6 Å². The number of rotatable bonds is 9. The zero-order valence-electron chi connectivity index (χ0n) is 26.8. The quantitative estimate of drug-likeness (QED) is 0.267.